The second-order valence-corrected chi connectivity index (χ2v) is 9.16. The van der Waals surface area contributed by atoms with Gasteiger partial charge in [0.15, 0.2) is 0 Å². The van der Waals surface area contributed by atoms with Gasteiger partial charge in [-0.3, -0.25) is 9.59 Å². The molecule has 1 saturated heterocycles. The van der Waals surface area contributed by atoms with Crippen molar-refractivity contribution < 1.29 is 9.59 Å². The third-order valence-electron chi connectivity index (χ3n) is 6.85. The van der Waals surface area contributed by atoms with E-state index >= 15 is 0 Å². The highest BCUT2D eigenvalue weighted by molar-refractivity contribution is 6.28. The van der Waals surface area contributed by atoms with Gasteiger partial charge >= 0.3 is 0 Å². The number of carbonyl (C=O) groups excluding carboxylic acids is 2. The third-order valence-corrected chi connectivity index (χ3v) is 6.85. The van der Waals surface area contributed by atoms with Gasteiger partial charge in [0, 0.05) is 0 Å². The Hall–Kier alpha value is -1.32. The van der Waals surface area contributed by atoms with Crippen molar-refractivity contribution in [3.05, 3.63) is 23.8 Å². The minimum absolute atomic E-state index is 0.0419. The molecule has 162 valence electrons. The molecular formula is C25H42BNO2. The standard InChI is InChI=1S/C25H42BNO2/c1-4-7-10-11-13-16-20-18-21(23-22(20)24(28)27(26)25(23)29)17-19(14-9-6-3)15-12-8-5-2/h13,16-17,20-23H,4-12,14-15,18,26H2,1-3H3/b16-13-,19-17-. The van der Waals surface area contributed by atoms with Crippen LogP contribution in [0.4, 0.5) is 0 Å². The van der Waals surface area contributed by atoms with E-state index in [0.29, 0.717) is 0 Å². The van der Waals surface area contributed by atoms with E-state index < -0.39 is 0 Å². The molecule has 2 fully saturated rings. The van der Waals surface area contributed by atoms with Crippen molar-refractivity contribution in [3.63, 3.8) is 0 Å². The highest BCUT2D eigenvalue weighted by Gasteiger charge is 2.55. The molecule has 0 N–H and O–H groups in total. The molecule has 4 unspecified atom stereocenters. The molecule has 1 heterocycles. The van der Waals surface area contributed by atoms with Crippen LogP contribution in [-0.2, 0) is 9.59 Å². The lowest BCUT2D eigenvalue weighted by atomic mass is 9.87. The lowest BCUT2D eigenvalue weighted by Gasteiger charge is -2.17. The van der Waals surface area contributed by atoms with E-state index in [0.717, 1.165) is 25.7 Å². The summed E-state index contributed by atoms with van der Waals surface area (Å²) in [6.07, 6.45) is 21.1. The van der Waals surface area contributed by atoms with Crippen molar-refractivity contribution in [2.45, 2.75) is 97.8 Å². The largest absolute Gasteiger partial charge is 0.336 e. The van der Waals surface area contributed by atoms with Crippen LogP contribution in [0, 0.1) is 23.7 Å². The molecule has 0 aromatic heterocycles. The van der Waals surface area contributed by atoms with Crippen LogP contribution in [0.2, 0.25) is 0 Å². The van der Waals surface area contributed by atoms with Gasteiger partial charge in [-0.15, -0.1) is 0 Å². The molecule has 0 aromatic carbocycles. The third kappa shape index (κ3) is 6.33. The molecule has 2 rings (SSSR count). The first-order chi connectivity index (χ1) is 14.0. The summed E-state index contributed by atoms with van der Waals surface area (Å²) in [4.78, 5) is 27.1. The van der Waals surface area contributed by atoms with Crippen molar-refractivity contribution >= 4 is 19.8 Å². The van der Waals surface area contributed by atoms with Crippen LogP contribution < -0.4 is 0 Å². The molecule has 4 atom stereocenters. The zero-order valence-electron chi connectivity index (χ0n) is 19.3. The topological polar surface area (TPSA) is 37.4 Å². The van der Waals surface area contributed by atoms with E-state index in [2.05, 4.69) is 39.0 Å². The minimum atomic E-state index is -0.140. The molecule has 3 nitrogen and oxygen atoms in total. The first-order valence-electron chi connectivity index (χ1n) is 12.2. The number of nitrogens with zero attached hydrogens (tertiary/aromatic N) is 1. The van der Waals surface area contributed by atoms with Gasteiger partial charge in [-0.05, 0) is 56.8 Å². The fraction of sp³-hybridized carbons (Fsp3) is 0.760. The smallest absolute Gasteiger partial charge is 0.231 e. The van der Waals surface area contributed by atoms with Crippen LogP contribution in [-0.4, -0.2) is 24.6 Å². The summed E-state index contributed by atoms with van der Waals surface area (Å²) in [5.41, 5.74) is 1.52. The predicted octanol–water partition coefficient (Wildman–Crippen LogP) is 5.61. The highest BCUT2D eigenvalue weighted by atomic mass is 16.2. The normalized spacial score (nSPS) is 27.4. The van der Waals surface area contributed by atoms with E-state index in [1.165, 1.54) is 61.8 Å². The Labute approximate surface area is 179 Å². The summed E-state index contributed by atoms with van der Waals surface area (Å²) < 4.78 is 0. The molecule has 1 saturated carbocycles. The van der Waals surface area contributed by atoms with E-state index in [4.69, 9.17) is 0 Å². The van der Waals surface area contributed by atoms with Crippen LogP contribution in [0.15, 0.2) is 23.8 Å². The van der Waals surface area contributed by atoms with Gasteiger partial charge in [-0.25, -0.2) is 0 Å². The Kier molecular flexibility index (Phi) is 10.2. The number of carbonyl (C=O) groups is 2. The van der Waals surface area contributed by atoms with E-state index in [1.807, 2.05) is 0 Å². The maximum Gasteiger partial charge on any atom is 0.231 e. The molecule has 0 bridgehead atoms. The van der Waals surface area contributed by atoms with Gasteiger partial charge < -0.3 is 4.81 Å². The van der Waals surface area contributed by atoms with Crippen LogP contribution in [0.3, 0.4) is 0 Å². The molecule has 0 aromatic rings. The molecule has 2 amide bonds. The molecule has 1 aliphatic carbocycles. The highest BCUT2D eigenvalue weighted by Crippen LogP contribution is 2.49. The van der Waals surface area contributed by atoms with Gasteiger partial charge in [-0.1, -0.05) is 76.7 Å². The maximum atomic E-state index is 12.9. The van der Waals surface area contributed by atoms with Crippen molar-refractivity contribution in [1.82, 2.24) is 4.81 Å². The minimum Gasteiger partial charge on any atom is -0.336 e. The predicted molar refractivity (Wildman–Crippen MR) is 124 cm³/mol. The van der Waals surface area contributed by atoms with Crippen molar-refractivity contribution in [2.24, 2.45) is 23.7 Å². The molecule has 0 radical (unpaired) electrons. The average molecular weight is 399 g/mol. The Morgan fingerprint density at radius 1 is 0.897 bits per heavy atom. The van der Waals surface area contributed by atoms with Crippen molar-refractivity contribution in [3.8, 4) is 0 Å². The maximum absolute atomic E-state index is 12.9. The van der Waals surface area contributed by atoms with Crippen LogP contribution in [0.25, 0.3) is 0 Å². The molecule has 29 heavy (non-hydrogen) atoms. The number of unbranched alkanes of at least 4 members (excludes halogenated alkanes) is 6. The zero-order valence-corrected chi connectivity index (χ0v) is 19.3. The monoisotopic (exact) mass is 399 g/mol. The van der Waals surface area contributed by atoms with E-state index in [1.54, 1.807) is 7.98 Å². The SMILES string of the molecule is BN1C(=O)C2C(/C=C\CCCCC)CC(/C=C(/CCCC)CCCCC)C2C1=O. The van der Waals surface area contributed by atoms with Gasteiger partial charge in [0.25, 0.3) is 0 Å². The second-order valence-electron chi connectivity index (χ2n) is 9.16. The first-order valence-corrected chi connectivity index (χ1v) is 12.2. The summed E-state index contributed by atoms with van der Waals surface area (Å²) in [5, 5.41) is 0. The number of hydrogen-bond donors (Lipinski definition) is 0. The van der Waals surface area contributed by atoms with Crippen LogP contribution in [0.1, 0.15) is 97.8 Å². The number of allylic oxidation sites excluding steroid dienone is 4. The van der Waals surface area contributed by atoms with Crippen LogP contribution >= 0.6 is 0 Å². The lowest BCUT2D eigenvalue weighted by molar-refractivity contribution is -0.134. The Bertz CT molecular complexity index is 598. The first kappa shape index (κ1) is 24.0. The van der Waals surface area contributed by atoms with Gasteiger partial charge in [0.05, 0.1) is 11.8 Å². The fourth-order valence-electron chi connectivity index (χ4n) is 5.12. The number of imide groups is 1. The summed E-state index contributed by atoms with van der Waals surface area (Å²) in [6.45, 7) is 6.70. The molecular weight excluding hydrogens is 357 g/mol. The van der Waals surface area contributed by atoms with Gasteiger partial charge in [0.2, 0.25) is 19.8 Å². The summed E-state index contributed by atoms with van der Waals surface area (Å²) in [5.74, 6) is 0.249. The van der Waals surface area contributed by atoms with Gasteiger partial charge in [-0.2, -0.15) is 0 Å². The number of hydrogen-bond acceptors (Lipinski definition) is 2. The molecule has 2 aliphatic rings. The molecule has 0 spiro atoms. The molecule has 4 heteroatoms. The zero-order chi connectivity index (χ0) is 21.2. The van der Waals surface area contributed by atoms with Gasteiger partial charge in [0.1, 0.15) is 0 Å². The fourth-order valence-corrected chi connectivity index (χ4v) is 5.12. The quantitative estimate of drug-likeness (QED) is 0.175. The van der Waals surface area contributed by atoms with Crippen molar-refractivity contribution in [1.29, 1.82) is 0 Å². The van der Waals surface area contributed by atoms with Crippen LogP contribution in [0.5, 0.6) is 0 Å². The summed E-state index contributed by atoms with van der Waals surface area (Å²) in [6, 6.07) is 0. The lowest BCUT2D eigenvalue weighted by Crippen LogP contribution is -2.30. The van der Waals surface area contributed by atoms with Crippen molar-refractivity contribution in [2.75, 3.05) is 0 Å². The molecule has 1 aliphatic heterocycles. The van der Waals surface area contributed by atoms with E-state index in [-0.39, 0.29) is 35.5 Å². The number of amides is 2. The Morgan fingerprint density at radius 3 is 2.14 bits per heavy atom. The number of fused-ring (bicyclic) bond motifs is 1. The summed E-state index contributed by atoms with van der Waals surface area (Å²) >= 11 is 0. The average Bonchev–Trinajstić information content (AvgIpc) is 3.17. The van der Waals surface area contributed by atoms with E-state index in [9.17, 15) is 9.59 Å². The Morgan fingerprint density at radius 2 is 1.48 bits per heavy atom. The summed E-state index contributed by atoms with van der Waals surface area (Å²) in [7, 11) is 1.67. The Balaban J connectivity index is 2.16. The second kappa shape index (κ2) is 12.4. The number of rotatable bonds is 13.